The molecule has 7 aliphatic rings. The van der Waals surface area contributed by atoms with Crippen LogP contribution in [0, 0.1) is 96.7 Å². The van der Waals surface area contributed by atoms with E-state index in [4.69, 9.17) is 81.6 Å². The van der Waals surface area contributed by atoms with Crippen LogP contribution in [0.25, 0.3) is 0 Å². The van der Waals surface area contributed by atoms with Gasteiger partial charge in [-0.1, -0.05) is 124 Å². The standard InChI is InChI=1S/C17H27F2N2O5P.C17H29N2O5P.2C13H24FO6P.C13H27O6P.C11H23O5P.C11H21O5P/c1-9(2)12-11(7-17(18,19)27(5,6)24)26-15(13(12)25-4)21-8-10(3)14(22)20-16(21)23;1-10(2)13-12(7-8-25(5,6)22)24-16(14(13)23-4)19-9-11(3)15(20)18-17(19)21;2*1-8(2)12-10(7-11(14)21(16,17)18)20-9(3)13(12)19-6-4-5-15;1-9(2)12-11(5-8-20(15,16)17)19-10(3)13(12)18-7-4-6-14;2*1-7(2)10-9(5-6-17(12,13)14)16-8(3)11(10)15-4/h8-9,11-13,15H,7H2,1-6H3,(H,20,22,23);9-10,12-14,16H,7-8H2,1-6H3,(H,18,20,21);2*7-10,12-13,15H,4-6H2,1-3H3,(H2,16,17,18);9-14H,4-8H2,1-3H3,(H2,15,16,17);7-11H,5-6H2,1-4H3,(H2,12,13,14);5-11H,1-4H3,(H2,12,13,14)/p-10/b;;11-7+;11-7-;;;6-5-/t11-,12?,13-,15-;12-,13-,14-,16-;2*9-,10+,12?,13-;10-,11+,12+,13-;8-,9+,10+,11-;8-,9+,10?,11-/m1100000/s1. The van der Waals surface area contributed by atoms with Crippen molar-refractivity contribution >= 4 is 52.3 Å². The van der Waals surface area contributed by atoms with Crippen LogP contribution in [0.2, 0.25) is 0 Å². The molecular weight excluding hydrogens is 2100 g/mol. The zero-order chi connectivity index (χ0) is 114. The number of methoxy groups -OCH3 is 4. The molecule has 4 unspecified atom stereocenters. The SMILES string of the molecule is CC(C)C1[C@@H](OCCCO)[C@H](C)O[C@@H]1/C=C(/F)P(=O)([O-])[O-].CC(C)C1[C@@H](OCCCO)[C@H](C)O[C@@H]1/C=C(\F)P(=O)([O-])[O-].CC(C)[C@H]1[C@@H](OCCCO)[C@H](C)O[C@@H]1CCP(=O)([O-])[O-].CO[C@@H]1C(C(C)C)[C@@H](/C=C\P(=O)([O-])[O-])O[C@H]1C.CO[C@@H]1C(C(C)C)[C@@H](CC(F)(F)P(C)(C)=O)O[C@H]1n1cc(C)c(=O)[nH]c1=O.CO[C@@H]1[C@H](C(C)C)[C@@H](CCP(=O)([O-])[O-])O[C@H]1C.CO[C@@H]1[C@H](C(C)C)[C@@H](CCP(C)(C)=O)O[C@H]1n1cc(C)c(=O)[nH]c1=O. The summed E-state index contributed by atoms with van der Waals surface area (Å²) in [7, 11) is -23.9. The summed E-state index contributed by atoms with van der Waals surface area (Å²) in [6, 6.07) is 0. The van der Waals surface area contributed by atoms with Crippen molar-refractivity contribution < 1.29 is 180 Å². The molecule has 9 heterocycles. The average Bonchev–Trinajstić information content (AvgIpc) is 1.62. The summed E-state index contributed by atoms with van der Waals surface area (Å²) in [6.45, 7) is 46.9. The van der Waals surface area contributed by atoms with E-state index in [2.05, 4.69) is 37.7 Å². The molecule has 2 aromatic heterocycles. The van der Waals surface area contributed by atoms with Crippen LogP contribution in [0.1, 0.15) is 200 Å². The molecule has 148 heavy (non-hydrogen) atoms. The van der Waals surface area contributed by atoms with E-state index in [0.717, 1.165) is 30.0 Å². The second-order valence-corrected chi connectivity index (χ2v) is 56.5. The highest BCUT2D eigenvalue weighted by atomic mass is 31.2. The van der Waals surface area contributed by atoms with Crippen LogP contribution in [0.4, 0.5) is 17.6 Å². The van der Waals surface area contributed by atoms with E-state index >= 15 is 0 Å². The minimum Gasteiger partial charge on any atom is -0.811 e. The van der Waals surface area contributed by atoms with Gasteiger partial charge in [0, 0.05) is 146 Å². The normalized spacial score (nSPS) is 30.5. The third kappa shape index (κ3) is 43.2. The summed E-state index contributed by atoms with van der Waals surface area (Å²) < 4.78 is 215. The van der Waals surface area contributed by atoms with Gasteiger partial charge in [-0.05, 0) is 202 Å². The van der Waals surface area contributed by atoms with E-state index in [9.17, 15) is 118 Å². The molecule has 53 heteroatoms. The van der Waals surface area contributed by atoms with E-state index in [1.54, 1.807) is 55.4 Å². The molecule has 0 saturated carbocycles. The van der Waals surface area contributed by atoms with Gasteiger partial charge in [-0.15, -0.1) is 0 Å². The lowest BCUT2D eigenvalue weighted by Crippen LogP contribution is -2.39. The maximum atomic E-state index is 14.5. The van der Waals surface area contributed by atoms with E-state index < -0.39 is 141 Å². The number of nitrogens with zero attached hydrogens (tertiary/aromatic N) is 2. The van der Waals surface area contributed by atoms with Gasteiger partial charge in [0.05, 0.1) is 111 Å². The summed E-state index contributed by atoms with van der Waals surface area (Å²) in [5.74, 6) is 1.17. The van der Waals surface area contributed by atoms with Crippen LogP contribution in [0.3, 0.4) is 0 Å². The molecular formula is C95H165F4N4O38P7-10. The summed E-state index contributed by atoms with van der Waals surface area (Å²) in [6.07, 6.45) is -0.701. The Hall–Kier alpha value is -3.17. The molecule has 0 amide bonds. The fourth-order valence-electron chi connectivity index (χ4n) is 20.1. The van der Waals surface area contributed by atoms with Crippen molar-refractivity contribution in [1.82, 2.24) is 19.1 Å². The predicted octanol–water partition coefficient (Wildman–Crippen LogP) is 6.72. The van der Waals surface area contributed by atoms with Crippen molar-refractivity contribution in [1.29, 1.82) is 0 Å². The number of H-pyrrole nitrogens is 2. The third-order valence-corrected chi connectivity index (χ3v) is 33.8. The number of aliphatic hydroxyl groups is 3. The van der Waals surface area contributed by atoms with Gasteiger partial charge in [-0.25, -0.2) is 18.4 Å². The molecule has 866 valence electrons. The Balaban J connectivity index is 0.000000446. The van der Waals surface area contributed by atoms with Crippen molar-refractivity contribution in [2.24, 2.45) is 82.9 Å². The Morgan fingerprint density at radius 3 is 0.986 bits per heavy atom. The summed E-state index contributed by atoms with van der Waals surface area (Å²) in [4.78, 5) is 159. The number of aliphatic hydroxyl groups excluding tert-OH is 3. The number of hydrogen-bond donors (Lipinski definition) is 5. The van der Waals surface area contributed by atoms with Gasteiger partial charge in [-0.3, -0.25) is 28.7 Å². The maximum absolute atomic E-state index is 14.5. The van der Waals surface area contributed by atoms with Gasteiger partial charge in [0.1, 0.15) is 30.5 Å². The third-order valence-electron chi connectivity index (χ3n) is 27.2. The number of hydrogen-bond acceptors (Lipinski definition) is 38. The number of aromatic nitrogens is 4. The molecule has 0 aromatic carbocycles. The Kier molecular flexibility index (Phi) is 58.1. The molecule has 0 spiro atoms. The number of ether oxygens (including phenoxy) is 14. The zero-order valence-corrected chi connectivity index (χ0v) is 96.9. The fraction of sp³-hybridized carbons (Fsp3) is 0.853. The highest BCUT2D eigenvalue weighted by Gasteiger charge is 2.56. The van der Waals surface area contributed by atoms with Crippen molar-refractivity contribution in [2.75, 3.05) is 113 Å². The number of rotatable bonds is 43. The molecule has 2 aromatic rings. The first kappa shape index (κ1) is 139. The average molecular weight is 2260 g/mol. The highest BCUT2D eigenvalue weighted by molar-refractivity contribution is 7.63. The molecule has 7 aliphatic heterocycles. The lowest BCUT2D eigenvalue weighted by Gasteiger charge is -2.32. The maximum Gasteiger partial charge on any atom is 0.330 e. The van der Waals surface area contributed by atoms with Crippen molar-refractivity contribution in [3.63, 3.8) is 0 Å². The van der Waals surface area contributed by atoms with Gasteiger partial charge < -0.3 is 163 Å². The Morgan fingerprint density at radius 2 is 0.682 bits per heavy atom. The smallest absolute Gasteiger partial charge is 0.330 e. The van der Waals surface area contributed by atoms with Crippen LogP contribution in [0.5, 0.6) is 0 Å². The number of alkyl halides is 2. The van der Waals surface area contributed by atoms with Crippen LogP contribution in [0.15, 0.2) is 66.8 Å². The minimum absolute atomic E-state index is 0.00179. The number of aromatic amines is 2. The molecule has 5 N–H and O–H groups in total. The first-order chi connectivity index (χ1) is 68.0. The number of aryl methyl sites for hydroxylation is 2. The predicted molar refractivity (Wildman–Crippen MR) is 530 cm³/mol. The topological polar surface area (TPSA) is 650 Å². The summed E-state index contributed by atoms with van der Waals surface area (Å²) in [5, 5.41) is 26.3. The van der Waals surface area contributed by atoms with Crippen molar-refractivity contribution in [3.05, 3.63) is 100 Å². The molecule has 9 rings (SSSR count). The second-order valence-electron chi connectivity index (χ2n) is 42.0. The molecule has 7 fully saturated rings. The van der Waals surface area contributed by atoms with Crippen LogP contribution in [-0.4, -0.2) is 269 Å². The lowest BCUT2D eigenvalue weighted by atomic mass is 9.85. The molecule has 0 radical (unpaired) electrons. The van der Waals surface area contributed by atoms with Gasteiger partial charge in [0.15, 0.2) is 12.5 Å². The van der Waals surface area contributed by atoms with Gasteiger partial charge in [0.2, 0.25) is 0 Å². The fourth-order valence-corrected chi connectivity index (χ4v) is 23.8. The largest absolute Gasteiger partial charge is 0.811 e. The van der Waals surface area contributed by atoms with Crippen molar-refractivity contribution in [2.45, 2.75) is 324 Å². The number of nitrogens with one attached hydrogen (secondary N) is 2. The van der Waals surface area contributed by atoms with Crippen LogP contribution < -0.4 is 71.4 Å². The van der Waals surface area contributed by atoms with E-state index in [1.807, 2.05) is 90.0 Å². The van der Waals surface area contributed by atoms with Crippen LogP contribution >= 0.6 is 52.3 Å². The van der Waals surface area contributed by atoms with Gasteiger partial charge in [-0.2, -0.15) is 8.78 Å². The first-order valence-corrected chi connectivity index (χ1v) is 63.5. The van der Waals surface area contributed by atoms with E-state index in [0.29, 0.717) is 69.0 Å². The lowest BCUT2D eigenvalue weighted by molar-refractivity contribution is -0.315. The molecule has 7 saturated heterocycles. The summed E-state index contributed by atoms with van der Waals surface area (Å²) >= 11 is 0. The van der Waals surface area contributed by atoms with Crippen LogP contribution in [-0.2, 0) is 98.3 Å². The number of halogens is 4. The summed E-state index contributed by atoms with van der Waals surface area (Å²) in [5.41, 5.74) is -8.20. The second kappa shape index (κ2) is 61.8. The minimum atomic E-state index is -5.39. The van der Waals surface area contributed by atoms with E-state index in [1.165, 1.54) is 37.1 Å². The Morgan fingerprint density at radius 1 is 0.412 bits per heavy atom. The van der Waals surface area contributed by atoms with E-state index in [-0.39, 0.29) is 213 Å². The van der Waals surface area contributed by atoms with Gasteiger partial charge in [0.25, 0.3) is 16.8 Å². The molecule has 0 bridgehead atoms. The molecule has 0 aliphatic carbocycles. The Bertz CT molecular complexity index is 4950. The first-order valence-electron chi connectivity index (χ1n) is 50.0. The monoisotopic (exact) mass is 2260 g/mol. The Labute approximate surface area is 868 Å². The van der Waals surface area contributed by atoms with Crippen molar-refractivity contribution in [3.8, 4) is 0 Å². The zero-order valence-electron chi connectivity index (χ0n) is 90.7. The van der Waals surface area contributed by atoms with Gasteiger partial charge >= 0.3 is 11.4 Å². The quantitative estimate of drug-likeness (QED) is 0.0261. The molecule has 42 nitrogen and oxygen atoms in total. The highest BCUT2D eigenvalue weighted by Crippen LogP contribution is 2.59. The molecule has 28 atom stereocenters.